The van der Waals surface area contributed by atoms with Gasteiger partial charge in [-0.15, -0.1) is 22.7 Å². The Labute approximate surface area is 139 Å². The van der Waals surface area contributed by atoms with Crippen molar-refractivity contribution in [2.24, 2.45) is 0 Å². The van der Waals surface area contributed by atoms with E-state index in [1.165, 1.54) is 11.3 Å². The van der Waals surface area contributed by atoms with Crippen molar-refractivity contribution in [1.82, 2.24) is 4.98 Å². The molecule has 0 radical (unpaired) electrons. The van der Waals surface area contributed by atoms with E-state index in [2.05, 4.69) is 27.0 Å². The quantitative estimate of drug-likeness (QED) is 0.553. The standard InChI is InChI=1S/C16H9BrN2S2/c17-15-7-6-13(21-15)8-12(9-18)16-19-14(10-20-16)11-4-2-1-3-5-11/h1-8,10H. The Hall–Kier alpha value is -1.74. The fourth-order valence-electron chi connectivity index (χ4n) is 1.83. The van der Waals surface area contributed by atoms with Gasteiger partial charge in [-0.25, -0.2) is 4.98 Å². The van der Waals surface area contributed by atoms with Gasteiger partial charge in [0.2, 0.25) is 0 Å². The minimum atomic E-state index is 0.594. The number of thiophene rings is 1. The number of benzene rings is 1. The molecule has 3 rings (SSSR count). The molecule has 0 saturated heterocycles. The molecule has 0 aliphatic carbocycles. The van der Waals surface area contributed by atoms with E-state index in [4.69, 9.17) is 0 Å². The zero-order valence-corrected chi connectivity index (χ0v) is 14.0. The van der Waals surface area contributed by atoms with Crippen molar-refractivity contribution in [1.29, 1.82) is 5.26 Å². The number of halogens is 1. The zero-order valence-electron chi connectivity index (χ0n) is 10.8. The first-order valence-electron chi connectivity index (χ1n) is 6.15. The Bertz CT molecular complexity index is 825. The van der Waals surface area contributed by atoms with Gasteiger partial charge >= 0.3 is 0 Å². The van der Waals surface area contributed by atoms with E-state index in [-0.39, 0.29) is 0 Å². The summed E-state index contributed by atoms with van der Waals surface area (Å²) in [5, 5.41) is 12.1. The van der Waals surface area contributed by atoms with Gasteiger partial charge in [-0.1, -0.05) is 30.3 Å². The number of nitriles is 1. The number of allylic oxidation sites excluding steroid dienone is 1. The van der Waals surface area contributed by atoms with Gasteiger partial charge in [0.25, 0.3) is 0 Å². The summed E-state index contributed by atoms with van der Waals surface area (Å²) in [6.07, 6.45) is 1.88. The van der Waals surface area contributed by atoms with Crippen molar-refractivity contribution in [2.45, 2.75) is 0 Å². The summed E-state index contributed by atoms with van der Waals surface area (Å²) < 4.78 is 1.05. The van der Waals surface area contributed by atoms with E-state index in [0.29, 0.717) is 5.57 Å². The molecular formula is C16H9BrN2S2. The number of hydrogen-bond donors (Lipinski definition) is 0. The molecule has 5 heteroatoms. The maximum Gasteiger partial charge on any atom is 0.134 e. The second-order valence-electron chi connectivity index (χ2n) is 4.22. The van der Waals surface area contributed by atoms with Gasteiger partial charge in [0.05, 0.1) is 15.1 Å². The third-order valence-electron chi connectivity index (χ3n) is 2.81. The third-order valence-corrected chi connectivity index (χ3v) is 5.25. The molecule has 0 N–H and O–H groups in total. The molecule has 2 heterocycles. The summed E-state index contributed by atoms with van der Waals surface area (Å²) >= 11 is 6.52. The number of aromatic nitrogens is 1. The van der Waals surface area contributed by atoms with Crippen LogP contribution in [0.5, 0.6) is 0 Å². The summed E-state index contributed by atoms with van der Waals surface area (Å²) in [5.74, 6) is 0. The molecule has 0 unspecified atom stereocenters. The molecule has 0 fully saturated rings. The molecule has 0 saturated carbocycles. The van der Waals surface area contributed by atoms with Crippen LogP contribution < -0.4 is 0 Å². The van der Waals surface area contributed by atoms with Crippen LogP contribution in [0.4, 0.5) is 0 Å². The van der Waals surface area contributed by atoms with E-state index in [1.807, 2.05) is 53.9 Å². The highest BCUT2D eigenvalue weighted by atomic mass is 79.9. The molecule has 2 nitrogen and oxygen atoms in total. The molecule has 0 amide bonds. The number of hydrogen-bond acceptors (Lipinski definition) is 4. The molecule has 0 aliphatic rings. The van der Waals surface area contributed by atoms with Crippen LogP contribution in [-0.4, -0.2) is 4.98 Å². The van der Waals surface area contributed by atoms with Gasteiger partial charge in [-0.05, 0) is 34.1 Å². The van der Waals surface area contributed by atoms with Crippen molar-refractivity contribution >= 4 is 50.3 Å². The summed E-state index contributed by atoms with van der Waals surface area (Å²) in [4.78, 5) is 5.61. The van der Waals surface area contributed by atoms with Crippen LogP contribution in [0.1, 0.15) is 9.88 Å². The molecule has 0 atom stereocenters. The lowest BCUT2D eigenvalue weighted by atomic mass is 10.2. The van der Waals surface area contributed by atoms with E-state index < -0.39 is 0 Å². The van der Waals surface area contributed by atoms with Gasteiger partial charge < -0.3 is 0 Å². The average molecular weight is 373 g/mol. The van der Waals surface area contributed by atoms with Gasteiger partial charge in [-0.2, -0.15) is 5.26 Å². The first-order chi connectivity index (χ1) is 10.3. The van der Waals surface area contributed by atoms with E-state index >= 15 is 0 Å². The molecular weight excluding hydrogens is 364 g/mol. The predicted octanol–water partition coefficient (Wildman–Crippen LogP) is 5.70. The maximum atomic E-state index is 9.37. The monoisotopic (exact) mass is 372 g/mol. The highest BCUT2D eigenvalue weighted by Crippen LogP contribution is 2.29. The summed E-state index contributed by atoms with van der Waals surface area (Å²) in [7, 11) is 0. The Morgan fingerprint density at radius 2 is 2.00 bits per heavy atom. The Morgan fingerprint density at radius 1 is 1.19 bits per heavy atom. The molecule has 3 aromatic rings. The smallest absolute Gasteiger partial charge is 0.134 e. The SMILES string of the molecule is N#CC(=Cc1ccc(Br)s1)c1nc(-c2ccccc2)cs1. The van der Waals surface area contributed by atoms with Gasteiger partial charge in [-0.3, -0.25) is 0 Å². The second kappa shape index (κ2) is 6.35. The van der Waals surface area contributed by atoms with E-state index in [0.717, 1.165) is 24.9 Å². The lowest BCUT2D eigenvalue weighted by Gasteiger charge is -1.94. The average Bonchev–Trinajstić information content (AvgIpc) is 3.15. The molecule has 0 aliphatic heterocycles. The predicted molar refractivity (Wildman–Crippen MR) is 93.1 cm³/mol. The first kappa shape index (κ1) is 14.2. The molecule has 2 aromatic heterocycles. The van der Waals surface area contributed by atoms with Gasteiger partial charge in [0.15, 0.2) is 0 Å². The van der Waals surface area contributed by atoms with Crippen LogP contribution >= 0.6 is 38.6 Å². The van der Waals surface area contributed by atoms with Crippen molar-refractivity contribution in [2.75, 3.05) is 0 Å². The van der Waals surface area contributed by atoms with Crippen LogP contribution in [0.15, 0.2) is 51.6 Å². The summed E-state index contributed by atoms with van der Waals surface area (Å²) in [6, 6.07) is 16.2. The summed E-state index contributed by atoms with van der Waals surface area (Å²) in [6.45, 7) is 0. The largest absolute Gasteiger partial charge is 0.235 e. The molecule has 21 heavy (non-hydrogen) atoms. The third kappa shape index (κ3) is 3.30. The number of rotatable bonds is 3. The molecule has 0 bridgehead atoms. The van der Waals surface area contributed by atoms with Gasteiger partial charge in [0.1, 0.15) is 11.1 Å². The number of thiazole rings is 1. The van der Waals surface area contributed by atoms with Crippen LogP contribution in [0, 0.1) is 11.3 Å². The molecule has 0 spiro atoms. The Balaban J connectivity index is 1.95. The van der Waals surface area contributed by atoms with Crippen LogP contribution in [0.25, 0.3) is 22.9 Å². The fraction of sp³-hybridized carbons (Fsp3) is 0. The van der Waals surface area contributed by atoms with Gasteiger partial charge in [0, 0.05) is 15.8 Å². The minimum absolute atomic E-state index is 0.594. The lowest BCUT2D eigenvalue weighted by molar-refractivity contribution is 1.37. The first-order valence-corrected chi connectivity index (χ1v) is 8.63. The highest BCUT2D eigenvalue weighted by molar-refractivity contribution is 9.11. The minimum Gasteiger partial charge on any atom is -0.235 e. The topological polar surface area (TPSA) is 36.7 Å². The lowest BCUT2D eigenvalue weighted by Crippen LogP contribution is -1.81. The van der Waals surface area contributed by atoms with Crippen molar-refractivity contribution in [3.63, 3.8) is 0 Å². The second-order valence-corrected chi connectivity index (χ2v) is 7.57. The zero-order chi connectivity index (χ0) is 14.7. The maximum absolute atomic E-state index is 9.37. The van der Waals surface area contributed by atoms with Crippen LogP contribution in [0.3, 0.4) is 0 Å². The molecule has 102 valence electrons. The van der Waals surface area contributed by atoms with E-state index in [1.54, 1.807) is 11.3 Å². The normalized spacial score (nSPS) is 11.3. The van der Waals surface area contributed by atoms with Crippen LogP contribution in [0.2, 0.25) is 0 Å². The molecule has 1 aromatic carbocycles. The number of nitrogens with zero attached hydrogens (tertiary/aromatic N) is 2. The van der Waals surface area contributed by atoms with Crippen LogP contribution in [-0.2, 0) is 0 Å². The summed E-state index contributed by atoms with van der Waals surface area (Å²) in [5.41, 5.74) is 2.57. The Kier molecular flexibility index (Phi) is 4.30. The van der Waals surface area contributed by atoms with Crippen molar-refractivity contribution in [3.8, 4) is 17.3 Å². The highest BCUT2D eigenvalue weighted by Gasteiger charge is 2.09. The van der Waals surface area contributed by atoms with Crippen molar-refractivity contribution in [3.05, 3.63) is 61.5 Å². The van der Waals surface area contributed by atoms with Crippen molar-refractivity contribution < 1.29 is 0 Å². The Morgan fingerprint density at radius 3 is 2.67 bits per heavy atom. The fourth-order valence-corrected chi connectivity index (χ4v) is 3.99. The van der Waals surface area contributed by atoms with E-state index in [9.17, 15) is 5.26 Å².